The molecule has 0 radical (unpaired) electrons. The lowest BCUT2D eigenvalue weighted by Gasteiger charge is -2.13. The van der Waals surface area contributed by atoms with Crippen molar-refractivity contribution < 1.29 is 18.6 Å². The van der Waals surface area contributed by atoms with Crippen molar-refractivity contribution in [3.8, 4) is 5.75 Å². The van der Waals surface area contributed by atoms with E-state index >= 15 is 0 Å². The molecule has 0 aliphatic rings. The van der Waals surface area contributed by atoms with Crippen LogP contribution in [-0.4, -0.2) is 18.8 Å². The number of ether oxygens (including phenoxy) is 1. The van der Waals surface area contributed by atoms with E-state index < -0.39 is 17.7 Å². The molecule has 0 unspecified atom stereocenters. The van der Waals surface area contributed by atoms with Crippen molar-refractivity contribution in [2.75, 3.05) is 13.7 Å². The summed E-state index contributed by atoms with van der Waals surface area (Å²) in [6.07, 6.45) is -1.06. The van der Waals surface area contributed by atoms with Crippen LogP contribution in [0.4, 0.5) is 8.78 Å². The molecule has 0 saturated heterocycles. The summed E-state index contributed by atoms with van der Waals surface area (Å²) in [6.45, 7) is -0.0819. The first-order valence-corrected chi connectivity index (χ1v) is 4.01. The molecule has 0 aliphatic heterocycles. The number of aliphatic hydroxyl groups is 1. The Morgan fingerprint density at radius 2 is 2.00 bits per heavy atom. The highest BCUT2D eigenvalue weighted by atomic mass is 19.2. The van der Waals surface area contributed by atoms with Crippen molar-refractivity contribution in [3.05, 3.63) is 29.3 Å². The molecule has 78 valence electrons. The second-order valence-electron chi connectivity index (χ2n) is 2.76. The van der Waals surface area contributed by atoms with Crippen LogP contribution in [0.5, 0.6) is 5.75 Å². The minimum absolute atomic E-state index is 0.0819. The Balaban J connectivity index is 3.19. The molecule has 0 bridgehead atoms. The Bertz CT molecular complexity index is 331. The van der Waals surface area contributed by atoms with Gasteiger partial charge < -0.3 is 15.6 Å². The summed E-state index contributed by atoms with van der Waals surface area (Å²) >= 11 is 0. The van der Waals surface area contributed by atoms with Crippen LogP contribution in [0.1, 0.15) is 11.7 Å². The lowest BCUT2D eigenvalue weighted by Crippen LogP contribution is -2.13. The summed E-state index contributed by atoms with van der Waals surface area (Å²) in [7, 11) is 1.30. The topological polar surface area (TPSA) is 55.5 Å². The van der Waals surface area contributed by atoms with Gasteiger partial charge in [0.2, 0.25) is 0 Å². The van der Waals surface area contributed by atoms with Crippen molar-refractivity contribution in [1.29, 1.82) is 0 Å². The van der Waals surface area contributed by atoms with Gasteiger partial charge in [-0.15, -0.1) is 0 Å². The molecule has 5 heteroatoms. The third kappa shape index (κ3) is 2.00. The third-order valence-electron chi connectivity index (χ3n) is 1.85. The number of halogens is 2. The highest BCUT2D eigenvalue weighted by Crippen LogP contribution is 2.27. The zero-order valence-corrected chi connectivity index (χ0v) is 7.63. The molecule has 3 N–H and O–H groups in total. The van der Waals surface area contributed by atoms with E-state index in [9.17, 15) is 13.9 Å². The van der Waals surface area contributed by atoms with Gasteiger partial charge in [-0.3, -0.25) is 0 Å². The molecule has 14 heavy (non-hydrogen) atoms. The van der Waals surface area contributed by atoms with Crippen LogP contribution in [0.3, 0.4) is 0 Å². The minimum atomic E-state index is -1.06. The van der Waals surface area contributed by atoms with Gasteiger partial charge in [0.05, 0.1) is 13.2 Å². The molecule has 1 aromatic carbocycles. The Labute approximate surface area is 80.1 Å². The van der Waals surface area contributed by atoms with Crippen LogP contribution >= 0.6 is 0 Å². The fourth-order valence-corrected chi connectivity index (χ4v) is 1.11. The van der Waals surface area contributed by atoms with E-state index in [1.54, 1.807) is 0 Å². The first-order valence-electron chi connectivity index (χ1n) is 4.01. The van der Waals surface area contributed by atoms with Gasteiger partial charge >= 0.3 is 0 Å². The molecule has 0 spiro atoms. The summed E-state index contributed by atoms with van der Waals surface area (Å²) in [6, 6.07) is 1.76. The fraction of sp³-hybridized carbons (Fsp3) is 0.333. The minimum Gasteiger partial charge on any atom is -0.496 e. The molecule has 0 aliphatic carbocycles. The maximum Gasteiger partial charge on any atom is 0.162 e. The van der Waals surface area contributed by atoms with Crippen LogP contribution in [-0.2, 0) is 0 Å². The highest BCUT2D eigenvalue weighted by Gasteiger charge is 2.15. The van der Waals surface area contributed by atoms with Crippen LogP contribution in [0.25, 0.3) is 0 Å². The lowest BCUT2D eigenvalue weighted by molar-refractivity contribution is 0.181. The van der Waals surface area contributed by atoms with E-state index in [1.807, 2.05) is 0 Å². The maximum atomic E-state index is 12.8. The van der Waals surface area contributed by atoms with Crippen LogP contribution < -0.4 is 10.5 Å². The molecule has 1 rings (SSSR count). The van der Waals surface area contributed by atoms with E-state index in [0.29, 0.717) is 0 Å². The van der Waals surface area contributed by atoms with Crippen molar-refractivity contribution in [3.63, 3.8) is 0 Å². The standard InChI is InChI=1S/C9H11F2NO2/c1-14-9-3-7(11)6(10)2-5(9)8(13)4-12/h2-3,8,13H,4,12H2,1H3/t8-/m0/s1. The van der Waals surface area contributed by atoms with Gasteiger partial charge in [-0.2, -0.15) is 0 Å². The van der Waals surface area contributed by atoms with E-state index in [-0.39, 0.29) is 17.9 Å². The molecular formula is C9H11F2NO2. The Morgan fingerprint density at radius 1 is 1.43 bits per heavy atom. The van der Waals surface area contributed by atoms with E-state index in [4.69, 9.17) is 10.5 Å². The van der Waals surface area contributed by atoms with Crippen LogP contribution in [0.2, 0.25) is 0 Å². The second-order valence-corrected chi connectivity index (χ2v) is 2.76. The highest BCUT2D eigenvalue weighted by molar-refractivity contribution is 5.36. The zero-order chi connectivity index (χ0) is 10.7. The largest absolute Gasteiger partial charge is 0.496 e. The Morgan fingerprint density at radius 3 is 2.50 bits per heavy atom. The van der Waals surface area contributed by atoms with Gasteiger partial charge in [-0.25, -0.2) is 8.78 Å². The Hall–Kier alpha value is -1.20. The summed E-state index contributed by atoms with van der Waals surface area (Å²) in [5, 5.41) is 9.36. The number of aliphatic hydroxyl groups excluding tert-OH is 1. The van der Waals surface area contributed by atoms with Crippen molar-refractivity contribution in [2.24, 2.45) is 5.73 Å². The average Bonchev–Trinajstić information content (AvgIpc) is 2.20. The summed E-state index contributed by atoms with van der Waals surface area (Å²) in [5.74, 6) is -1.97. The number of hydrogen-bond acceptors (Lipinski definition) is 3. The number of hydrogen-bond donors (Lipinski definition) is 2. The zero-order valence-electron chi connectivity index (χ0n) is 7.63. The van der Waals surface area contributed by atoms with E-state index in [1.165, 1.54) is 7.11 Å². The smallest absolute Gasteiger partial charge is 0.162 e. The van der Waals surface area contributed by atoms with Gasteiger partial charge in [0.15, 0.2) is 11.6 Å². The number of nitrogens with two attached hydrogens (primary N) is 1. The van der Waals surface area contributed by atoms with E-state index in [2.05, 4.69) is 0 Å². The van der Waals surface area contributed by atoms with Crippen LogP contribution in [0, 0.1) is 11.6 Å². The number of benzene rings is 1. The quantitative estimate of drug-likeness (QED) is 0.769. The molecular weight excluding hydrogens is 192 g/mol. The van der Waals surface area contributed by atoms with Gasteiger partial charge in [-0.05, 0) is 6.07 Å². The molecule has 0 amide bonds. The molecule has 0 aromatic heterocycles. The summed E-state index contributed by atoms with van der Waals surface area (Å²) in [5.41, 5.74) is 5.34. The van der Waals surface area contributed by atoms with E-state index in [0.717, 1.165) is 12.1 Å². The average molecular weight is 203 g/mol. The van der Waals surface area contributed by atoms with Crippen molar-refractivity contribution >= 4 is 0 Å². The molecule has 0 saturated carbocycles. The molecule has 0 fully saturated rings. The van der Waals surface area contributed by atoms with Gasteiger partial charge in [-0.1, -0.05) is 0 Å². The molecule has 0 heterocycles. The normalized spacial score (nSPS) is 12.6. The summed E-state index contributed by atoms with van der Waals surface area (Å²) in [4.78, 5) is 0. The number of methoxy groups -OCH3 is 1. The first-order chi connectivity index (χ1) is 6.60. The van der Waals surface area contributed by atoms with Crippen molar-refractivity contribution in [2.45, 2.75) is 6.10 Å². The fourth-order valence-electron chi connectivity index (χ4n) is 1.11. The lowest BCUT2D eigenvalue weighted by atomic mass is 10.1. The molecule has 3 nitrogen and oxygen atoms in total. The maximum absolute atomic E-state index is 12.8. The predicted octanol–water partition coefficient (Wildman–Crippen LogP) is 0.965. The third-order valence-corrected chi connectivity index (χ3v) is 1.85. The summed E-state index contributed by atoms with van der Waals surface area (Å²) < 4.78 is 30.3. The Kier molecular flexibility index (Phi) is 3.38. The second kappa shape index (κ2) is 4.34. The predicted molar refractivity (Wildman–Crippen MR) is 46.9 cm³/mol. The monoisotopic (exact) mass is 203 g/mol. The molecule has 1 atom stereocenters. The van der Waals surface area contributed by atoms with Gasteiger partial charge in [0.1, 0.15) is 5.75 Å². The van der Waals surface area contributed by atoms with Crippen LogP contribution in [0.15, 0.2) is 12.1 Å². The SMILES string of the molecule is COc1cc(F)c(F)cc1[C@@H](O)CN. The first kappa shape index (κ1) is 10.9. The van der Waals surface area contributed by atoms with Gasteiger partial charge in [0, 0.05) is 18.2 Å². The van der Waals surface area contributed by atoms with Gasteiger partial charge in [0.25, 0.3) is 0 Å². The molecule has 1 aromatic rings. The van der Waals surface area contributed by atoms with Crippen molar-refractivity contribution in [1.82, 2.24) is 0 Å². The number of rotatable bonds is 3.